The molecule has 0 amide bonds. The molecule has 0 N–H and O–H groups in total. The van der Waals surface area contributed by atoms with Crippen molar-refractivity contribution in [3.63, 3.8) is 0 Å². The molecule has 2 aromatic rings. The molecule has 6 nitrogen and oxygen atoms in total. The Labute approximate surface area is 471 Å². The zero-order chi connectivity index (χ0) is 53.7. The predicted molar refractivity (Wildman–Crippen MR) is 330 cm³/mol. The topological polar surface area (TPSA) is 65.1 Å². The molecule has 0 aromatic heterocycles. The van der Waals surface area contributed by atoms with Crippen LogP contribution in [0.25, 0.3) is 0 Å². The van der Waals surface area contributed by atoms with Crippen LogP contribution in [0.15, 0.2) is 60.7 Å². The number of carbonyl (C=O) groups is 2. The predicted octanol–water partition coefficient (Wildman–Crippen LogP) is 17.7. The van der Waals surface area contributed by atoms with E-state index in [0.29, 0.717) is 18.9 Å². The highest BCUT2D eigenvalue weighted by Crippen LogP contribution is 2.37. The van der Waals surface area contributed by atoms with E-state index in [0.717, 1.165) is 99.4 Å². The number of carbonyl (C=O) groups excluding carboxylic acids is 2. The standard InChI is InChI=1S/C66H113NO5S2Si/c1-7-9-11-25-41-60(71-64(68)49-47-57-35-19-13-20-36-57)55-73-53-33-17-23-39-59(40-24-18-34-54-74-56-61(42-26-12-10-8-2)72-65(69)50-48-58-37-21-14-22-38-58)67(6)51-31-32-52-70-75(66(3,4)5,62-43-27-15-28-44-62)63-45-29-16-30-46-63/h15-16,27-30,43-46,57-61H,7-14,17-26,31-42,47-56H2,1-6H3. The van der Waals surface area contributed by atoms with Gasteiger partial charge in [-0.2, -0.15) is 23.5 Å². The average molecular weight is 1090 g/mol. The van der Waals surface area contributed by atoms with Crippen molar-refractivity contribution < 1.29 is 23.5 Å². The number of hydrogen-bond acceptors (Lipinski definition) is 8. The van der Waals surface area contributed by atoms with Crippen molar-refractivity contribution in [2.45, 2.75) is 276 Å². The highest BCUT2D eigenvalue weighted by Gasteiger charge is 2.50. The summed E-state index contributed by atoms with van der Waals surface area (Å²) in [5.74, 6) is 5.71. The van der Waals surface area contributed by atoms with Crippen LogP contribution < -0.4 is 10.4 Å². The first-order valence-electron chi connectivity index (χ1n) is 31.5. The number of rotatable bonds is 43. The number of ether oxygens (including phenoxy) is 2. The Hall–Kier alpha value is -1.78. The van der Waals surface area contributed by atoms with Crippen molar-refractivity contribution in [3.8, 4) is 0 Å². The first kappa shape index (κ1) is 65.7. The highest BCUT2D eigenvalue weighted by atomic mass is 32.2. The van der Waals surface area contributed by atoms with Crippen molar-refractivity contribution >= 4 is 54.2 Å². The van der Waals surface area contributed by atoms with Gasteiger partial charge in [-0.3, -0.25) is 9.59 Å². The molecule has 2 atom stereocenters. The van der Waals surface area contributed by atoms with Crippen LogP contribution in [0.4, 0.5) is 0 Å². The SMILES string of the molecule is CCCCCCC(CSCCCCCC(CCCCCSCC(CCCCCC)OC(=O)CCC1CCCCC1)N(C)CCCCO[Si](c1ccccc1)(c1ccccc1)C(C)(C)C)OC(=O)CCC1CCCCC1. The lowest BCUT2D eigenvalue weighted by atomic mass is 9.86. The normalized spacial score (nSPS) is 16.3. The summed E-state index contributed by atoms with van der Waals surface area (Å²) in [6.45, 7) is 13.5. The van der Waals surface area contributed by atoms with E-state index in [2.05, 4.69) is 107 Å². The molecule has 0 bridgehead atoms. The van der Waals surface area contributed by atoms with E-state index in [-0.39, 0.29) is 29.2 Å². The van der Waals surface area contributed by atoms with Gasteiger partial charge in [0.1, 0.15) is 12.2 Å². The molecule has 2 aliphatic rings. The fourth-order valence-electron chi connectivity index (χ4n) is 12.2. The van der Waals surface area contributed by atoms with Gasteiger partial charge >= 0.3 is 11.9 Å². The van der Waals surface area contributed by atoms with Crippen LogP contribution in [0.1, 0.15) is 253 Å². The van der Waals surface area contributed by atoms with Crippen molar-refractivity contribution in [1.29, 1.82) is 0 Å². The van der Waals surface area contributed by atoms with Crippen molar-refractivity contribution in [2.75, 3.05) is 43.2 Å². The molecular weight excluding hydrogens is 979 g/mol. The van der Waals surface area contributed by atoms with Gasteiger partial charge in [-0.15, -0.1) is 0 Å². The molecule has 0 heterocycles. The number of unbranched alkanes of at least 4 members (excludes halogenated alkanes) is 11. The molecular formula is C66H113NO5S2Si. The number of thioether (sulfide) groups is 2. The van der Waals surface area contributed by atoms with E-state index < -0.39 is 8.32 Å². The minimum Gasteiger partial charge on any atom is -0.461 e. The van der Waals surface area contributed by atoms with Gasteiger partial charge in [0, 0.05) is 37.0 Å². The molecule has 0 spiro atoms. The third-order valence-electron chi connectivity index (χ3n) is 16.8. The van der Waals surface area contributed by atoms with E-state index >= 15 is 0 Å². The second kappa shape index (κ2) is 40.4. The summed E-state index contributed by atoms with van der Waals surface area (Å²) in [5.41, 5.74) is 0. The van der Waals surface area contributed by atoms with Gasteiger partial charge in [0.2, 0.25) is 0 Å². The summed E-state index contributed by atoms with van der Waals surface area (Å²) in [4.78, 5) is 28.7. The average Bonchev–Trinajstić information content (AvgIpc) is 3.42. The van der Waals surface area contributed by atoms with Crippen molar-refractivity contribution in [1.82, 2.24) is 4.90 Å². The fraction of sp³-hybridized carbons (Fsp3) is 0.788. The maximum atomic E-state index is 13.0. The van der Waals surface area contributed by atoms with Crippen molar-refractivity contribution in [2.24, 2.45) is 11.8 Å². The van der Waals surface area contributed by atoms with E-state index in [1.807, 2.05) is 23.5 Å². The molecule has 2 aliphatic carbocycles. The first-order valence-corrected chi connectivity index (χ1v) is 35.8. The maximum absolute atomic E-state index is 13.0. The second-order valence-electron chi connectivity index (χ2n) is 24.2. The summed E-state index contributed by atoms with van der Waals surface area (Å²) in [7, 11) is -0.156. The lowest BCUT2D eigenvalue weighted by Crippen LogP contribution is -2.66. The Balaban J connectivity index is 1.25. The zero-order valence-electron chi connectivity index (χ0n) is 49.2. The molecule has 9 heteroatoms. The monoisotopic (exact) mass is 1090 g/mol. The Morgan fingerprint density at radius 1 is 0.560 bits per heavy atom. The van der Waals surface area contributed by atoms with Crippen LogP contribution in [-0.4, -0.2) is 86.6 Å². The molecule has 2 unspecified atom stereocenters. The summed E-state index contributed by atoms with van der Waals surface area (Å²) in [6.07, 6.45) is 40.6. The third kappa shape index (κ3) is 27.3. The van der Waals surface area contributed by atoms with Gasteiger partial charge in [-0.25, -0.2) is 0 Å². The smallest absolute Gasteiger partial charge is 0.306 e. The molecule has 4 rings (SSSR count). The Kier molecular flexibility index (Phi) is 35.4. The minimum absolute atomic E-state index is 0.0122. The summed E-state index contributed by atoms with van der Waals surface area (Å²) in [6, 6.07) is 22.7. The number of benzene rings is 2. The maximum Gasteiger partial charge on any atom is 0.306 e. The van der Waals surface area contributed by atoms with Crippen molar-refractivity contribution in [3.05, 3.63) is 60.7 Å². The lowest BCUT2D eigenvalue weighted by Gasteiger charge is -2.43. The minimum atomic E-state index is -2.54. The van der Waals surface area contributed by atoms with Gasteiger partial charge in [0.15, 0.2) is 0 Å². The second-order valence-corrected chi connectivity index (χ2v) is 30.8. The lowest BCUT2D eigenvalue weighted by molar-refractivity contribution is -0.149. The van der Waals surface area contributed by atoms with Gasteiger partial charge in [0.25, 0.3) is 8.32 Å². The van der Waals surface area contributed by atoms with Crippen LogP contribution in [-0.2, 0) is 23.5 Å². The van der Waals surface area contributed by atoms with Gasteiger partial charge in [-0.1, -0.05) is 224 Å². The first-order chi connectivity index (χ1) is 36.6. The van der Waals surface area contributed by atoms with Crippen LogP contribution in [0.5, 0.6) is 0 Å². The molecule has 0 radical (unpaired) electrons. The molecule has 428 valence electrons. The van der Waals surface area contributed by atoms with Crippen LogP contribution in [0.2, 0.25) is 5.04 Å². The van der Waals surface area contributed by atoms with Gasteiger partial charge in [-0.05, 0) is 129 Å². The number of nitrogens with zero attached hydrogens (tertiary/aromatic N) is 1. The third-order valence-corrected chi connectivity index (χ3v) is 24.3. The zero-order valence-corrected chi connectivity index (χ0v) is 51.9. The van der Waals surface area contributed by atoms with Crippen LogP contribution in [0, 0.1) is 11.8 Å². The summed E-state index contributed by atoms with van der Waals surface area (Å²) in [5, 5.41) is 2.70. The van der Waals surface area contributed by atoms with Gasteiger partial charge < -0.3 is 18.8 Å². The number of hydrogen-bond donors (Lipinski definition) is 0. The fourth-order valence-corrected chi connectivity index (χ4v) is 19.0. The molecule has 0 saturated heterocycles. The molecule has 2 fully saturated rings. The Morgan fingerprint density at radius 2 is 0.987 bits per heavy atom. The van der Waals surface area contributed by atoms with E-state index in [1.165, 1.54) is 164 Å². The highest BCUT2D eigenvalue weighted by molar-refractivity contribution is 7.99. The van der Waals surface area contributed by atoms with E-state index in [1.54, 1.807) is 0 Å². The summed E-state index contributed by atoms with van der Waals surface area (Å²) < 4.78 is 19.6. The molecule has 75 heavy (non-hydrogen) atoms. The number of esters is 2. The quantitative estimate of drug-likeness (QED) is 0.0370. The Bertz CT molecular complexity index is 1590. The van der Waals surface area contributed by atoms with Crippen LogP contribution in [0.3, 0.4) is 0 Å². The largest absolute Gasteiger partial charge is 0.461 e. The van der Waals surface area contributed by atoms with Crippen LogP contribution >= 0.6 is 23.5 Å². The van der Waals surface area contributed by atoms with Gasteiger partial charge in [0.05, 0.1) is 0 Å². The van der Waals surface area contributed by atoms with E-state index in [9.17, 15) is 9.59 Å². The molecule has 0 aliphatic heterocycles. The summed E-state index contributed by atoms with van der Waals surface area (Å²) >= 11 is 4.02. The molecule has 2 aromatic carbocycles. The van der Waals surface area contributed by atoms with E-state index in [4.69, 9.17) is 13.9 Å². The molecule has 2 saturated carbocycles. The Morgan fingerprint density at radius 3 is 1.41 bits per heavy atom.